The fraction of sp³-hybridized carbons (Fsp3) is 0.929. The van der Waals surface area contributed by atoms with Gasteiger partial charge >= 0.3 is 0 Å². The highest BCUT2D eigenvalue weighted by atomic mass is 35.5. The van der Waals surface area contributed by atoms with Gasteiger partial charge in [-0.1, -0.05) is 0 Å². The summed E-state index contributed by atoms with van der Waals surface area (Å²) in [4.78, 5) is 11.9. The Morgan fingerprint density at radius 3 is 2.11 bits per heavy atom. The van der Waals surface area contributed by atoms with Crippen LogP contribution in [0.15, 0.2) is 0 Å². The highest BCUT2D eigenvalue weighted by molar-refractivity contribution is 5.79. The van der Waals surface area contributed by atoms with E-state index in [-0.39, 0.29) is 30.5 Å². The van der Waals surface area contributed by atoms with Crippen LogP contribution in [0.25, 0.3) is 0 Å². The maximum atomic E-state index is 11.9. The normalized spacial score (nSPS) is 38.9. The summed E-state index contributed by atoms with van der Waals surface area (Å²) in [6.45, 7) is 0.918. The molecular formula is C14H24ClN2O2-. The van der Waals surface area contributed by atoms with E-state index in [4.69, 9.17) is 5.11 Å². The summed E-state index contributed by atoms with van der Waals surface area (Å²) in [7, 11) is 0. The minimum absolute atomic E-state index is 0. The maximum absolute atomic E-state index is 11.9. The Hall–Kier alpha value is -0.320. The Morgan fingerprint density at radius 2 is 1.63 bits per heavy atom. The smallest absolute Gasteiger partial charge is 0.234 e. The molecule has 0 saturated heterocycles. The molecule has 5 heteroatoms. The summed E-state index contributed by atoms with van der Waals surface area (Å²) in [5.41, 5.74) is 0.118. The van der Waals surface area contributed by atoms with Gasteiger partial charge in [-0.3, -0.25) is 4.79 Å². The topological polar surface area (TPSA) is 61.4 Å². The molecule has 4 nitrogen and oxygen atoms in total. The highest BCUT2D eigenvalue weighted by Crippen LogP contribution is 2.55. The lowest BCUT2D eigenvalue weighted by atomic mass is 9.53. The van der Waals surface area contributed by atoms with Gasteiger partial charge in [0.05, 0.1) is 13.2 Å². The molecule has 0 radical (unpaired) electrons. The molecule has 3 N–H and O–H groups in total. The van der Waals surface area contributed by atoms with E-state index in [0.717, 1.165) is 17.8 Å². The van der Waals surface area contributed by atoms with Crippen LogP contribution >= 0.6 is 0 Å². The molecule has 0 aromatic carbocycles. The second-order valence-electron chi connectivity index (χ2n) is 6.65. The van der Waals surface area contributed by atoms with E-state index in [1.807, 2.05) is 0 Å². The van der Waals surface area contributed by atoms with E-state index in [9.17, 15) is 4.79 Å². The molecule has 19 heavy (non-hydrogen) atoms. The number of carbonyl (C=O) groups is 1. The van der Waals surface area contributed by atoms with Crippen molar-refractivity contribution in [2.75, 3.05) is 19.7 Å². The van der Waals surface area contributed by atoms with Crippen LogP contribution in [-0.4, -0.2) is 36.2 Å². The van der Waals surface area contributed by atoms with Gasteiger partial charge in [0.2, 0.25) is 5.91 Å². The van der Waals surface area contributed by atoms with Crippen molar-refractivity contribution in [2.24, 2.45) is 17.8 Å². The Balaban J connectivity index is 0.00000133. The molecule has 4 fully saturated rings. The summed E-state index contributed by atoms with van der Waals surface area (Å²) in [6.07, 6.45) is 7.80. The minimum Gasteiger partial charge on any atom is -1.00 e. The quantitative estimate of drug-likeness (QED) is 0.497. The molecule has 1 amide bonds. The zero-order valence-electron chi connectivity index (χ0n) is 11.3. The highest BCUT2D eigenvalue weighted by Gasteiger charge is 2.51. The van der Waals surface area contributed by atoms with Gasteiger partial charge in [-0.2, -0.15) is 0 Å². The molecule has 4 rings (SSSR count). The molecule has 0 atom stereocenters. The van der Waals surface area contributed by atoms with Crippen LogP contribution < -0.4 is 23.0 Å². The van der Waals surface area contributed by atoms with Crippen LogP contribution in [0.5, 0.6) is 0 Å². The van der Waals surface area contributed by atoms with Crippen molar-refractivity contribution in [3.8, 4) is 0 Å². The molecule has 0 unspecified atom stereocenters. The monoisotopic (exact) mass is 287 g/mol. The fourth-order valence-electron chi connectivity index (χ4n) is 4.88. The average molecular weight is 288 g/mol. The molecule has 4 saturated carbocycles. The number of amides is 1. The third-order valence-corrected chi connectivity index (χ3v) is 5.02. The Labute approximate surface area is 121 Å². The number of aliphatic hydroxyl groups excluding tert-OH is 1. The standard InChI is InChI=1S/C14H24N2O2.ClH/c17-2-1-15-9-13(18)16-14-6-10-3-11(7-14)5-12(4-10)8-14;/h10-12,15,17H,1-9H2,(H,16,18);1H/p-1. The van der Waals surface area contributed by atoms with Crippen LogP contribution in [0.2, 0.25) is 0 Å². The Bertz CT molecular complexity index is 300. The van der Waals surface area contributed by atoms with Crippen molar-refractivity contribution in [1.29, 1.82) is 0 Å². The van der Waals surface area contributed by atoms with E-state index in [0.29, 0.717) is 13.1 Å². The fourth-order valence-corrected chi connectivity index (χ4v) is 4.88. The van der Waals surface area contributed by atoms with Gasteiger partial charge in [0, 0.05) is 12.1 Å². The number of rotatable bonds is 5. The van der Waals surface area contributed by atoms with Gasteiger partial charge in [0.15, 0.2) is 0 Å². The maximum Gasteiger partial charge on any atom is 0.234 e. The van der Waals surface area contributed by atoms with Crippen molar-refractivity contribution in [3.05, 3.63) is 0 Å². The first kappa shape index (κ1) is 15.1. The Kier molecular flexibility index (Phi) is 4.75. The molecule has 110 valence electrons. The molecule has 4 bridgehead atoms. The predicted octanol–water partition coefficient (Wildman–Crippen LogP) is -2.34. The van der Waals surface area contributed by atoms with Crippen molar-refractivity contribution in [1.82, 2.24) is 10.6 Å². The number of aliphatic hydroxyl groups is 1. The van der Waals surface area contributed by atoms with E-state index < -0.39 is 0 Å². The van der Waals surface area contributed by atoms with Crippen molar-refractivity contribution < 1.29 is 22.3 Å². The third kappa shape index (κ3) is 3.23. The minimum atomic E-state index is 0. The summed E-state index contributed by atoms with van der Waals surface area (Å²) < 4.78 is 0. The number of hydrogen-bond acceptors (Lipinski definition) is 3. The number of nitrogens with one attached hydrogen (secondary N) is 2. The zero-order chi connectivity index (χ0) is 12.6. The molecule has 0 aromatic rings. The number of hydrogen-bond donors (Lipinski definition) is 3. The van der Waals surface area contributed by atoms with Crippen LogP contribution in [0.4, 0.5) is 0 Å². The first-order valence-electron chi connectivity index (χ1n) is 7.32. The van der Waals surface area contributed by atoms with Gasteiger partial charge in [-0.15, -0.1) is 0 Å². The van der Waals surface area contributed by atoms with Crippen molar-refractivity contribution in [3.63, 3.8) is 0 Å². The van der Waals surface area contributed by atoms with Crippen LogP contribution in [0.3, 0.4) is 0 Å². The van der Waals surface area contributed by atoms with Crippen LogP contribution in [0.1, 0.15) is 38.5 Å². The van der Waals surface area contributed by atoms with Gasteiger partial charge < -0.3 is 28.1 Å². The molecule has 0 aliphatic heterocycles. The molecule has 4 aliphatic rings. The van der Waals surface area contributed by atoms with Crippen LogP contribution in [-0.2, 0) is 4.79 Å². The zero-order valence-corrected chi connectivity index (χ0v) is 12.1. The predicted molar refractivity (Wildman–Crippen MR) is 69.0 cm³/mol. The second-order valence-corrected chi connectivity index (χ2v) is 6.65. The van der Waals surface area contributed by atoms with E-state index in [1.165, 1.54) is 38.5 Å². The van der Waals surface area contributed by atoms with Crippen LogP contribution in [0, 0.1) is 17.8 Å². The van der Waals surface area contributed by atoms with E-state index in [2.05, 4.69) is 10.6 Å². The van der Waals surface area contributed by atoms with Crippen molar-refractivity contribution >= 4 is 5.91 Å². The summed E-state index contributed by atoms with van der Waals surface area (Å²) in [5.74, 6) is 2.69. The molecule has 0 aromatic heterocycles. The van der Waals surface area contributed by atoms with E-state index >= 15 is 0 Å². The average Bonchev–Trinajstić information content (AvgIpc) is 2.26. The number of carbonyl (C=O) groups excluding carboxylic acids is 1. The second kappa shape index (κ2) is 5.98. The lowest BCUT2D eigenvalue weighted by molar-refractivity contribution is -0.126. The SMILES string of the molecule is O=C(CNCCO)NC12CC3CC(CC(C3)C1)C2.[Cl-]. The molecule has 0 heterocycles. The summed E-state index contributed by atoms with van der Waals surface area (Å²) >= 11 is 0. The third-order valence-electron chi connectivity index (χ3n) is 5.02. The largest absolute Gasteiger partial charge is 1.00 e. The van der Waals surface area contributed by atoms with Crippen molar-refractivity contribution in [2.45, 2.75) is 44.1 Å². The Morgan fingerprint density at radius 1 is 1.11 bits per heavy atom. The summed E-state index contributed by atoms with van der Waals surface area (Å²) in [6, 6.07) is 0. The first-order chi connectivity index (χ1) is 8.69. The summed E-state index contributed by atoms with van der Waals surface area (Å²) in [5, 5.41) is 14.9. The molecular weight excluding hydrogens is 264 g/mol. The van der Waals surface area contributed by atoms with Gasteiger partial charge in [-0.05, 0) is 56.3 Å². The van der Waals surface area contributed by atoms with E-state index in [1.54, 1.807) is 0 Å². The number of halogens is 1. The van der Waals surface area contributed by atoms with Gasteiger partial charge in [0.25, 0.3) is 0 Å². The first-order valence-corrected chi connectivity index (χ1v) is 7.32. The lowest BCUT2D eigenvalue weighted by Crippen LogP contribution is -3.00. The molecule has 4 aliphatic carbocycles. The lowest BCUT2D eigenvalue weighted by Gasteiger charge is -2.56. The van der Waals surface area contributed by atoms with Gasteiger partial charge in [0.1, 0.15) is 0 Å². The van der Waals surface area contributed by atoms with Gasteiger partial charge in [-0.25, -0.2) is 0 Å². The molecule has 0 spiro atoms.